The number of ether oxygens (including phenoxy) is 3. The second-order valence-electron chi connectivity index (χ2n) is 5.78. The Bertz CT molecular complexity index is 937. The number of alkyl halides is 6. The van der Waals surface area contributed by atoms with Gasteiger partial charge in [0.25, 0.3) is 0 Å². The van der Waals surface area contributed by atoms with E-state index in [2.05, 4.69) is 9.72 Å². The van der Waals surface area contributed by atoms with Crippen molar-refractivity contribution < 1.29 is 45.3 Å². The van der Waals surface area contributed by atoms with E-state index in [1.54, 1.807) is 6.07 Å². The number of esters is 1. The molecule has 0 aliphatic heterocycles. The zero-order valence-electron chi connectivity index (χ0n) is 15.6. The van der Waals surface area contributed by atoms with Crippen LogP contribution in [0.25, 0.3) is 5.57 Å². The summed E-state index contributed by atoms with van der Waals surface area (Å²) in [4.78, 5) is 15.2. The quantitative estimate of drug-likeness (QED) is 0.281. The van der Waals surface area contributed by atoms with Gasteiger partial charge in [0, 0.05) is 6.20 Å². The van der Waals surface area contributed by atoms with Gasteiger partial charge >= 0.3 is 18.3 Å². The second kappa shape index (κ2) is 9.06. The molecule has 11 heteroatoms. The van der Waals surface area contributed by atoms with Crippen LogP contribution >= 0.6 is 0 Å². The Hall–Kier alpha value is -3.24. The zero-order chi connectivity index (χ0) is 22.5. The van der Waals surface area contributed by atoms with Crippen molar-refractivity contribution >= 4 is 11.5 Å². The van der Waals surface area contributed by atoms with Gasteiger partial charge in [-0.05, 0) is 17.2 Å². The summed E-state index contributed by atoms with van der Waals surface area (Å²) in [6.45, 7) is -0.518. The molecule has 0 atom stereocenters. The summed E-state index contributed by atoms with van der Waals surface area (Å²) in [7, 11) is 2.41. The summed E-state index contributed by atoms with van der Waals surface area (Å²) in [5.41, 5.74) is -2.77. The van der Waals surface area contributed by atoms with Crippen LogP contribution in [-0.2, 0) is 33.2 Å². The molecule has 0 amide bonds. The van der Waals surface area contributed by atoms with Gasteiger partial charge in [-0.2, -0.15) is 26.3 Å². The first-order valence-electron chi connectivity index (χ1n) is 8.15. The van der Waals surface area contributed by atoms with E-state index in [0.717, 1.165) is 13.4 Å². The third kappa shape index (κ3) is 5.43. The van der Waals surface area contributed by atoms with Gasteiger partial charge in [-0.15, -0.1) is 0 Å². The predicted octanol–water partition coefficient (Wildman–Crippen LogP) is 4.86. The number of hydrogen-bond donors (Lipinski definition) is 0. The first-order valence-corrected chi connectivity index (χ1v) is 8.15. The molecule has 2 rings (SSSR count). The number of halogens is 6. The molecule has 0 saturated carbocycles. The molecule has 0 unspecified atom stereocenters. The molecule has 0 aliphatic rings. The fourth-order valence-corrected chi connectivity index (χ4v) is 2.43. The third-order valence-electron chi connectivity index (χ3n) is 3.80. The molecule has 1 heterocycles. The first kappa shape index (κ1) is 23.0. The summed E-state index contributed by atoms with van der Waals surface area (Å²) in [5.74, 6) is -1.80. The number of nitrogens with zero attached hydrogens (tertiary/aromatic N) is 1. The summed E-state index contributed by atoms with van der Waals surface area (Å²) in [6, 6.07) is 5.96. The van der Waals surface area contributed by atoms with Gasteiger partial charge in [0.1, 0.15) is 17.7 Å². The third-order valence-corrected chi connectivity index (χ3v) is 3.80. The van der Waals surface area contributed by atoms with Crippen molar-refractivity contribution in [1.82, 2.24) is 4.98 Å². The minimum atomic E-state index is -5.13. The van der Waals surface area contributed by atoms with E-state index in [9.17, 15) is 31.1 Å². The van der Waals surface area contributed by atoms with Crippen molar-refractivity contribution in [1.29, 1.82) is 0 Å². The minimum absolute atomic E-state index is 0.0318. The zero-order valence-corrected chi connectivity index (χ0v) is 15.6. The lowest BCUT2D eigenvalue weighted by Gasteiger charge is -2.16. The van der Waals surface area contributed by atoms with Gasteiger partial charge in [0.15, 0.2) is 0 Å². The first-order chi connectivity index (χ1) is 14.0. The predicted molar refractivity (Wildman–Crippen MR) is 92.0 cm³/mol. The molecule has 30 heavy (non-hydrogen) atoms. The van der Waals surface area contributed by atoms with E-state index >= 15 is 0 Å². The molecule has 0 N–H and O–H groups in total. The number of hydrogen-bond acceptors (Lipinski definition) is 5. The molecule has 0 spiro atoms. The fraction of sp³-hybridized carbons (Fsp3) is 0.263. The highest BCUT2D eigenvalue weighted by Crippen LogP contribution is 2.39. The lowest BCUT2D eigenvalue weighted by atomic mass is 10.0. The number of benzene rings is 1. The average Bonchev–Trinajstić information content (AvgIpc) is 2.68. The number of aromatic nitrogens is 1. The highest BCUT2D eigenvalue weighted by Gasteiger charge is 2.40. The Morgan fingerprint density at radius 1 is 1.07 bits per heavy atom. The number of rotatable bonds is 6. The largest absolute Gasteiger partial charge is 0.503 e. The van der Waals surface area contributed by atoms with Crippen LogP contribution in [0, 0.1) is 0 Å². The van der Waals surface area contributed by atoms with Gasteiger partial charge in [-0.3, -0.25) is 0 Å². The normalized spacial score (nSPS) is 12.5. The molecule has 0 saturated heterocycles. The van der Waals surface area contributed by atoms with Gasteiger partial charge in [0.2, 0.25) is 5.88 Å². The van der Waals surface area contributed by atoms with E-state index < -0.39 is 41.9 Å². The van der Waals surface area contributed by atoms with E-state index in [-0.39, 0.29) is 29.0 Å². The summed E-state index contributed by atoms with van der Waals surface area (Å²) in [5, 5.41) is 0. The molecule has 0 fully saturated rings. The number of carbonyl (C=O) groups is 1. The van der Waals surface area contributed by atoms with Crippen LogP contribution in [-0.4, -0.2) is 25.2 Å². The second-order valence-corrected chi connectivity index (χ2v) is 5.78. The smallest absolute Gasteiger partial charge is 0.421 e. The molecule has 1 aromatic heterocycles. The van der Waals surface area contributed by atoms with E-state index in [1.807, 2.05) is 0 Å². The van der Waals surface area contributed by atoms with E-state index in [1.165, 1.54) is 25.3 Å². The van der Waals surface area contributed by atoms with Crippen molar-refractivity contribution in [3.8, 4) is 5.88 Å². The van der Waals surface area contributed by atoms with Gasteiger partial charge in [-0.1, -0.05) is 24.3 Å². The summed E-state index contributed by atoms with van der Waals surface area (Å²) in [6.07, 6.45) is -8.79. The fourth-order valence-electron chi connectivity index (χ4n) is 2.43. The Labute approximate surface area is 166 Å². The maximum atomic E-state index is 13.2. The van der Waals surface area contributed by atoms with Crippen LogP contribution in [0.3, 0.4) is 0 Å². The van der Waals surface area contributed by atoms with Crippen molar-refractivity contribution in [2.75, 3.05) is 14.2 Å². The van der Waals surface area contributed by atoms with E-state index in [0.29, 0.717) is 0 Å². The Kier molecular flexibility index (Phi) is 6.96. The topological polar surface area (TPSA) is 57.7 Å². The maximum absolute atomic E-state index is 13.2. The molecule has 0 bridgehead atoms. The number of pyridine rings is 1. The lowest BCUT2D eigenvalue weighted by Crippen LogP contribution is -2.15. The maximum Gasteiger partial charge on any atom is 0.421 e. The lowest BCUT2D eigenvalue weighted by molar-refractivity contribution is -0.144. The number of carbonyl (C=O) groups excluding carboxylic acids is 1. The van der Waals surface area contributed by atoms with E-state index in [4.69, 9.17) is 9.47 Å². The van der Waals surface area contributed by atoms with Crippen molar-refractivity contribution in [3.63, 3.8) is 0 Å². The van der Waals surface area contributed by atoms with Gasteiger partial charge in [0.05, 0.1) is 26.0 Å². The molecule has 5 nitrogen and oxygen atoms in total. The van der Waals surface area contributed by atoms with Crippen LogP contribution < -0.4 is 4.74 Å². The van der Waals surface area contributed by atoms with Gasteiger partial charge in [-0.25, -0.2) is 9.78 Å². The van der Waals surface area contributed by atoms with Crippen LogP contribution in [0.2, 0.25) is 0 Å². The van der Waals surface area contributed by atoms with Crippen LogP contribution in [0.5, 0.6) is 5.88 Å². The monoisotopic (exact) mass is 435 g/mol. The SMILES string of the molecule is CO/C=C(/C(=O)OC)c1ccccc1COc1ncc(C(F)(F)F)cc1C(F)(F)F. The standard InChI is InChI=1S/C19H15F6NO4/c1-28-10-14(17(27)29-2)13-6-4-3-5-11(13)9-30-16-15(19(23,24)25)7-12(8-26-16)18(20,21)22/h3-8,10H,9H2,1-2H3/b14-10+. The van der Waals surface area contributed by atoms with Crippen molar-refractivity contribution in [2.24, 2.45) is 0 Å². The Morgan fingerprint density at radius 3 is 2.30 bits per heavy atom. The molecular weight excluding hydrogens is 420 g/mol. The van der Waals surface area contributed by atoms with Crippen LogP contribution in [0.1, 0.15) is 22.3 Å². The molecule has 2 aromatic rings. The highest BCUT2D eigenvalue weighted by atomic mass is 19.4. The average molecular weight is 435 g/mol. The minimum Gasteiger partial charge on any atom is -0.503 e. The molecule has 162 valence electrons. The Morgan fingerprint density at radius 2 is 1.73 bits per heavy atom. The molecule has 0 radical (unpaired) electrons. The van der Waals surface area contributed by atoms with Crippen molar-refractivity contribution in [2.45, 2.75) is 19.0 Å². The van der Waals surface area contributed by atoms with Crippen molar-refractivity contribution in [3.05, 3.63) is 65.0 Å². The molecular formula is C19H15F6NO4. The molecule has 0 aliphatic carbocycles. The summed E-state index contributed by atoms with van der Waals surface area (Å²) >= 11 is 0. The summed E-state index contributed by atoms with van der Waals surface area (Å²) < 4.78 is 92.5. The van der Waals surface area contributed by atoms with Gasteiger partial charge < -0.3 is 14.2 Å². The van der Waals surface area contributed by atoms with Crippen LogP contribution in [0.15, 0.2) is 42.8 Å². The van der Waals surface area contributed by atoms with Crippen LogP contribution in [0.4, 0.5) is 26.3 Å². The Balaban J connectivity index is 2.41. The number of methoxy groups -OCH3 is 2. The highest BCUT2D eigenvalue weighted by molar-refractivity contribution is 6.16. The molecule has 1 aromatic carbocycles.